The summed E-state index contributed by atoms with van der Waals surface area (Å²) in [7, 11) is 0. The first-order valence-electron chi connectivity index (χ1n) is 9.54. The number of hydrogen-bond donors (Lipinski definition) is 2. The molecule has 2 aromatic heterocycles. The molecule has 2 N–H and O–H groups in total. The third-order valence-electron chi connectivity index (χ3n) is 4.77. The number of anilines is 1. The molecule has 0 unspecified atom stereocenters. The zero-order valence-electron chi connectivity index (χ0n) is 16.7. The summed E-state index contributed by atoms with van der Waals surface area (Å²) in [5, 5.41) is 6.91. The molecule has 1 fully saturated rings. The predicted octanol–water partition coefficient (Wildman–Crippen LogP) is 1.27. The van der Waals surface area contributed by atoms with E-state index >= 15 is 0 Å². The first kappa shape index (κ1) is 19.8. The largest absolute Gasteiger partial charge is 0.334 e. The average molecular weight is 386 g/mol. The van der Waals surface area contributed by atoms with Gasteiger partial charge in [0.05, 0.1) is 5.69 Å². The first-order valence-corrected chi connectivity index (χ1v) is 9.54. The van der Waals surface area contributed by atoms with Gasteiger partial charge >= 0.3 is 11.8 Å². The maximum Gasteiger partial charge on any atom is 0.315 e. The summed E-state index contributed by atoms with van der Waals surface area (Å²) in [6.45, 7) is 8.94. The highest BCUT2D eigenvalue weighted by Crippen LogP contribution is 2.21. The molecule has 0 bridgehead atoms. The van der Waals surface area contributed by atoms with Crippen LogP contribution in [0.1, 0.15) is 38.6 Å². The van der Waals surface area contributed by atoms with Crippen LogP contribution in [0.2, 0.25) is 0 Å². The molecule has 9 heteroatoms. The van der Waals surface area contributed by atoms with Gasteiger partial charge < -0.3 is 10.2 Å². The maximum atomic E-state index is 12.6. The Morgan fingerprint density at radius 2 is 1.93 bits per heavy atom. The molecular formula is C19H26N6O3. The molecule has 28 heavy (non-hydrogen) atoms. The summed E-state index contributed by atoms with van der Waals surface area (Å²) < 4.78 is 1.34. The summed E-state index contributed by atoms with van der Waals surface area (Å²) in [5.74, 6) is -0.0894. The number of nitrogens with one attached hydrogen (secondary N) is 2. The minimum atomic E-state index is -0.726. The number of aryl methyl sites for hydroxylation is 2. The standard InChI is InChI=1S/C19H26N6O3/c1-5-14-8-16(26)22-19(20-14)25-15(7-13(4)23-25)21-17(27)18(28)24-9-11(2)6-12(3)10-24/h7-8,11-12H,5-6,9-10H2,1-4H3,(H,21,27)(H,20,22,26)/t11-,12+. The van der Waals surface area contributed by atoms with E-state index in [1.165, 1.54) is 10.7 Å². The van der Waals surface area contributed by atoms with Gasteiger partial charge in [-0.2, -0.15) is 9.78 Å². The molecule has 1 aliphatic rings. The van der Waals surface area contributed by atoms with Crippen LogP contribution in [0.25, 0.3) is 5.95 Å². The lowest BCUT2D eigenvalue weighted by molar-refractivity contribution is -0.145. The molecule has 3 rings (SSSR count). The topological polar surface area (TPSA) is 113 Å². The molecule has 1 saturated heterocycles. The van der Waals surface area contributed by atoms with E-state index in [1.807, 2.05) is 6.92 Å². The fourth-order valence-electron chi connectivity index (χ4n) is 3.67. The second-order valence-corrected chi connectivity index (χ2v) is 7.61. The van der Waals surface area contributed by atoms with Crippen LogP contribution in [0.15, 0.2) is 16.9 Å². The predicted molar refractivity (Wildman–Crippen MR) is 104 cm³/mol. The van der Waals surface area contributed by atoms with E-state index in [-0.39, 0.29) is 17.3 Å². The lowest BCUT2D eigenvalue weighted by Gasteiger charge is -2.34. The van der Waals surface area contributed by atoms with E-state index in [4.69, 9.17) is 0 Å². The Hall–Kier alpha value is -2.97. The number of aromatic nitrogens is 4. The van der Waals surface area contributed by atoms with Gasteiger partial charge in [-0.25, -0.2) is 4.98 Å². The number of amides is 2. The summed E-state index contributed by atoms with van der Waals surface area (Å²) in [4.78, 5) is 45.6. The Kier molecular flexibility index (Phi) is 5.62. The number of rotatable bonds is 3. The van der Waals surface area contributed by atoms with Gasteiger partial charge in [-0.05, 0) is 31.6 Å². The molecule has 0 spiro atoms. The number of carbonyl (C=O) groups excluding carboxylic acids is 2. The number of piperidine rings is 1. The van der Waals surface area contributed by atoms with Gasteiger partial charge in [-0.1, -0.05) is 20.8 Å². The van der Waals surface area contributed by atoms with Gasteiger partial charge in [0.25, 0.3) is 5.56 Å². The van der Waals surface area contributed by atoms with Crippen molar-refractivity contribution in [1.82, 2.24) is 24.6 Å². The number of hydrogen-bond acceptors (Lipinski definition) is 5. The molecule has 9 nitrogen and oxygen atoms in total. The number of aromatic amines is 1. The molecule has 2 atom stereocenters. The number of likely N-dealkylation sites (tertiary alicyclic amines) is 1. The van der Waals surface area contributed by atoms with Crippen LogP contribution >= 0.6 is 0 Å². The van der Waals surface area contributed by atoms with Crippen molar-refractivity contribution < 1.29 is 9.59 Å². The van der Waals surface area contributed by atoms with Gasteiger partial charge in [-0.3, -0.25) is 19.4 Å². The second kappa shape index (κ2) is 7.95. The van der Waals surface area contributed by atoms with Crippen molar-refractivity contribution in [3.05, 3.63) is 33.9 Å². The van der Waals surface area contributed by atoms with E-state index in [9.17, 15) is 14.4 Å². The van der Waals surface area contributed by atoms with Gasteiger partial charge in [0.1, 0.15) is 5.82 Å². The Labute approximate surface area is 163 Å². The highest BCUT2D eigenvalue weighted by Gasteiger charge is 2.30. The Morgan fingerprint density at radius 3 is 2.57 bits per heavy atom. The quantitative estimate of drug-likeness (QED) is 0.772. The summed E-state index contributed by atoms with van der Waals surface area (Å²) in [6.07, 6.45) is 1.63. The zero-order chi connectivity index (χ0) is 20.4. The first-order chi connectivity index (χ1) is 13.3. The lowest BCUT2D eigenvalue weighted by atomic mass is 9.92. The second-order valence-electron chi connectivity index (χ2n) is 7.61. The fourth-order valence-corrected chi connectivity index (χ4v) is 3.67. The summed E-state index contributed by atoms with van der Waals surface area (Å²) >= 11 is 0. The third-order valence-corrected chi connectivity index (χ3v) is 4.77. The molecule has 2 aromatic rings. The van der Waals surface area contributed by atoms with Gasteiger partial charge in [-0.15, -0.1) is 0 Å². The molecule has 0 aromatic carbocycles. The molecule has 1 aliphatic heterocycles. The van der Waals surface area contributed by atoms with Crippen molar-refractivity contribution in [2.75, 3.05) is 18.4 Å². The van der Waals surface area contributed by atoms with Gasteiger partial charge in [0.2, 0.25) is 5.95 Å². The van der Waals surface area contributed by atoms with E-state index in [2.05, 4.69) is 34.2 Å². The highest BCUT2D eigenvalue weighted by molar-refractivity contribution is 6.39. The fraction of sp³-hybridized carbons (Fsp3) is 0.526. The van der Waals surface area contributed by atoms with Crippen molar-refractivity contribution in [1.29, 1.82) is 0 Å². The SMILES string of the molecule is CCc1cc(=O)[nH]c(-n2nc(C)cc2NC(=O)C(=O)N2C[C@H](C)C[C@H](C)C2)n1. The minimum Gasteiger partial charge on any atom is -0.334 e. The van der Waals surface area contributed by atoms with Crippen LogP contribution in [-0.2, 0) is 16.0 Å². The maximum absolute atomic E-state index is 12.6. The number of carbonyl (C=O) groups is 2. The van der Waals surface area contributed by atoms with Gasteiger partial charge in [0, 0.05) is 30.9 Å². The highest BCUT2D eigenvalue weighted by atomic mass is 16.2. The van der Waals surface area contributed by atoms with Crippen LogP contribution in [-0.4, -0.2) is 49.6 Å². The Bertz CT molecular complexity index is 937. The van der Waals surface area contributed by atoms with Gasteiger partial charge in [0.15, 0.2) is 0 Å². The van der Waals surface area contributed by atoms with Crippen molar-refractivity contribution in [2.24, 2.45) is 11.8 Å². The monoisotopic (exact) mass is 386 g/mol. The van der Waals surface area contributed by atoms with Crippen molar-refractivity contribution in [3.63, 3.8) is 0 Å². The van der Waals surface area contributed by atoms with Crippen LogP contribution in [0.3, 0.4) is 0 Å². The third kappa shape index (κ3) is 4.29. The molecule has 2 amide bonds. The Balaban J connectivity index is 1.83. The average Bonchev–Trinajstić information content (AvgIpc) is 2.99. The Morgan fingerprint density at radius 1 is 1.25 bits per heavy atom. The molecule has 0 aliphatic carbocycles. The van der Waals surface area contributed by atoms with Crippen LogP contribution in [0.5, 0.6) is 0 Å². The van der Waals surface area contributed by atoms with E-state index in [0.29, 0.717) is 42.7 Å². The smallest absolute Gasteiger partial charge is 0.315 e. The minimum absolute atomic E-state index is 0.195. The molecule has 0 radical (unpaired) electrons. The van der Waals surface area contributed by atoms with Crippen molar-refractivity contribution in [3.8, 4) is 5.95 Å². The molecule has 3 heterocycles. The number of H-pyrrole nitrogens is 1. The molecule has 150 valence electrons. The lowest BCUT2D eigenvalue weighted by Crippen LogP contribution is -2.47. The zero-order valence-corrected chi connectivity index (χ0v) is 16.7. The van der Waals surface area contributed by atoms with E-state index in [1.54, 1.807) is 17.9 Å². The summed E-state index contributed by atoms with van der Waals surface area (Å²) in [5.41, 5.74) is 0.920. The van der Waals surface area contributed by atoms with E-state index < -0.39 is 11.8 Å². The van der Waals surface area contributed by atoms with Crippen molar-refractivity contribution in [2.45, 2.75) is 40.5 Å². The normalized spacial score (nSPS) is 19.5. The molecule has 0 saturated carbocycles. The van der Waals surface area contributed by atoms with Crippen LogP contribution < -0.4 is 10.9 Å². The molecular weight excluding hydrogens is 360 g/mol. The van der Waals surface area contributed by atoms with E-state index in [0.717, 1.165) is 6.42 Å². The van der Waals surface area contributed by atoms with Crippen LogP contribution in [0, 0.1) is 18.8 Å². The van der Waals surface area contributed by atoms with Crippen molar-refractivity contribution >= 4 is 17.6 Å². The number of nitrogens with zero attached hydrogens (tertiary/aromatic N) is 4. The summed E-state index contributed by atoms with van der Waals surface area (Å²) in [6, 6.07) is 3.05. The van der Waals surface area contributed by atoms with Crippen LogP contribution in [0.4, 0.5) is 5.82 Å².